The molecule has 0 aliphatic heterocycles. The molecule has 6 nitrogen and oxygen atoms in total. The zero-order chi connectivity index (χ0) is 19.9. The molecule has 0 unspecified atom stereocenters. The van der Waals surface area contributed by atoms with Gasteiger partial charge in [0, 0.05) is 30.8 Å². The Morgan fingerprint density at radius 2 is 2.07 bits per heavy atom. The van der Waals surface area contributed by atoms with Gasteiger partial charge in [-0.3, -0.25) is 4.79 Å². The summed E-state index contributed by atoms with van der Waals surface area (Å²) in [5, 5.41) is 7.99. The minimum absolute atomic E-state index is 0.232. The van der Waals surface area contributed by atoms with Crippen LogP contribution in [0.1, 0.15) is 30.8 Å². The van der Waals surface area contributed by atoms with Gasteiger partial charge in [-0.25, -0.2) is 4.68 Å². The quantitative estimate of drug-likeness (QED) is 0.533. The van der Waals surface area contributed by atoms with Crippen molar-refractivity contribution in [1.82, 2.24) is 15.1 Å². The second kappa shape index (κ2) is 9.57. The Labute approximate surface area is 169 Å². The molecule has 0 saturated carbocycles. The van der Waals surface area contributed by atoms with E-state index in [-0.39, 0.29) is 5.91 Å². The summed E-state index contributed by atoms with van der Waals surface area (Å²) in [7, 11) is 0. The van der Waals surface area contributed by atoms with Crippen molar-refractivity contribution in [3.05, 3.63) is 59.4 Å². The Morgan fingerprint density at radius 3 is 2.75 bits per heavy atom. The van der Waals surface area contributed by atoms with Crippen molar-refractivity contribution in [2.75, 3.05) is 19.8 Å². The zero-order valence-electron chi connectivity index (χ0n) is 16.0. The van der Waals surface area contributed by atoms with E-state index in [1.807, 2.05) is 18.2 Å². The zero-order valence-corrected chi connectivity index (χ0v) is 16.8. The maximum absolute atomic E-state index is 12.5. The van der Waals surface area contributed by atoms with E-state index < -0.39 is 0 Å². The average molecular weight is 402 g/mol. The number of nitrogens with one attached hydrogen (secondary N) is 1. The number of benzene rings is 1. The molecule has 1 N–H and O–H groups in total. The first-order valence-electron chi connectivity index (χ1n) is 9.30. The smallest absolute Gasteiger partial charge is 0.271 e. The van der Waals surface area contributed by atoms with E-state index >= 15 is 0 Å². The number of carbonyl (C=O) groups excluding carboxylic acids is 1. The van der Waals surface area contributed by atoms with Crippen LogP contribution in [-0.2, 0) is 4.74 Å². The standard InChI is InChI=1S/C21H24ClN3O3/c1-15(2)14-27-11-4-10-23-21(26)18-13-19(20-5-3-12-28-20)25(24-18)17-8-6-16(22)7-9-17/h3,5-9,12-13,15H,4,10-11,14H2,1-2H3,(H,23,26). The van der Waals surface area contributed by atoms with Crippen molar-refractivity contribution >= 4 is 17.5 Å². The molecular weight excluding hydrogens is 378 g/mol. The van der Waals surface area contributed by atoms with Gasteiger partial charge < -0.3 is 14.5 Å². The number of amides is 1. The van der Waals surface area contributed by atoms with E-state index in [0.29, 0.717) is 41.2 Å². The van der Waals surface area contributed by atoms with Crippen molar-refractivity contribution in [3.63, 3.8) is 0 Å². The SMILES string of the molecule is CC(C)COCCCNC(=O)c1cc(-c2ccco2)n(-c2ccc(Cl)cc2)n1. The Kier molecular flexibility index (Phi) is 6.90. The highest BCUT2D eigenvalue weighted by Crippen LogP contribution is 2.25. The molecule has 0 aliphatic rings. The van der Waals surface area contributed by atoms with Gasteiger partial charge in [-0.15, -0.1) is 0 Å². The van der Waals surface area contributed by atoms with Crippen LogP contribution in [0.5, 0.6) is 0 Å². The Bertz CT molecular complexity index is 886. The fourth-order valence-electron chi connectivity index (χ4n) is 2.66. The summed E-state index contributed by atoms with van der Waals surface area (Å²) < 4.78 is 12.7. The van der Waals surface area contributed by atoms with Crippen molar-refractivity contribution in [2.45, 2.75) is 20.3 Å². The Hall–Kier alpha value is -2.57. The third-order valence-corrected chi connectivity index (χ3v) is 4.24. The first-order chi connectivity index (χ1) is 13.5. The molecule has 0 fully saturated rings. The molecule has 3 aromatic rings. The summed E-state index contributed by atoms with van der Waals surface area (Å²) in [5.74, 6) is 0.902. The summed E-state index contributed by atoms with van der Waals surface area (Å²) in [5.41, 5.74) is 1.80. The van der Waals surface area contributed by atoms with Crippen molar-refractivity contribution in [3.8, 4) is 17.1 Å². The van der Waals surface area contributed by atoms with Crippen LogP contribution in [0.4, 0.5) is 0 Å². The summed E-state index contributed by atoms with van der Waals surface area (Å²) in [6, 6.07) is 12.6. The van der Waals surface area contributed by atoms with Crippen LogP contribution in [0, 0.1) is 5.92 Å². The number of halogens is 1. The molecule has 2 aromatic heterocycles. The highest BCUT2D eigenvalue weighted by Gasteiger charge is 2.18. The molecule has 0 bridgehead atoms. The summed E-state index contributed by atoms with van der Waals surface area (Å²) in [4.78, 5) is 12.5. The highest BCUT2D eigenvalue weighted by molar-refractivity contribution is 6.30. The van der Waals surface area contributed by atoms with Crippen molar-refractivity contribution < 1.29 is 13.9 Å². The summed E-state index contributed by atoms with van der Waals surface area (Å²) in [6.45, 7) is 6.09. The molecule has 0 aliphatic carbocycles. The Morgan fingerprint density at radius 1 is 1.29 bits per heavy atom. The number of nitrogens with zero attached hydrogens (tertiary/aromatic N) is 2. The van der Waals surface area contributed by atoms with Crippen LogP contribution < -0.4 is 5.32 Å². The van der Waals surface area contributed by atoms with Gasteiger partial charge in [0.1, 0.15) is 5.69 Å². The molecule has 1 aromatic carbocycles. The molecule has 148 valence electrons. The fourth-order valence-corrected chi connectivity index (χ4v) is 2.78. The van der Waals surface area contributed by atoms with Crippen molar-refractivity contribution in [1.29, 1.82) is 0 Å². The lowest BCUT2D eigenvalue weighted by molar-refractivity contribution is 0.0920. The molecule has 0 radical (unpaired) electrons. The van der Waals surface area contributed by atoms with Crippen LogP contribution in [0.3, 0.4) is 0 Å². The Balaban J connectivity index is 1.70. The molecule has 1 amide bonds. The molecule has 2 heterocycles. The lowest BCUT2D eigenvalue weighted by atomic mass is 10.2. The third-order valence-electron chi connectivity index (χ3n) is 3.99. The molecule has 28 heavy (non-hydrogen) atoms. The first-order valence-corrected chi connectivity index (χ1v) is 9.68. The van der Waals surface area contributed by atoms with Crippen LogP contribution in [-0.4, -0.2) is 35.4 Å². The average Bonchev–Trinajstić information content (AvgIpc) is 3.34. The number of furan rings is 1. The number of hydrogen-bond acceptors (Lipinski definition) is 4. The van der Waals surface area contributed by atoms with E-state index in [1.54, 1.807) is 35.2 Å². The van der Waals surface area contributed by atoms with E-state index in [2.05, 4.69) is 24.3 Å². The topological polar surface area (TPSA) is 69.3 Å². The molecule has 0 atom stereocenters. The second-order valence-corrected chi connectivity index (χ2v) is 7.29. The van der Waals surface area contributed by atoms with Gasteiger partial charge in [0.15, 0.2) is 11.5 Å². The largest absolute Gasteiger partial charge is 0.463 e. The number of carbonyl (C=O) groups is 1. The monoisotopic (exact) mass is 401 g/mol. The summed E-state index contributed by atoms with van der Waals surface area (Å²) in [6.07, 6.45) is 2.34. The minimum Gasteiger partial charge on any atom is -0.463 e. The van der Waals surface area contributed by atoms with Gasteiger partial charge in [0.05, 0.1) is 12.0 Å². The van der Waals surface area contributed by atoms with Gasteiger partial charge in [0.25, 0.3) is 5.91 Å². The lowest BCUT2D eigenvalue weighted by Gasteiger charge is -2.07. The number of aromatic nitrogens is 2. The van der Waals surface area contributed by atoms with Gasteiger partial charge in [-0.05, 0) is 48.7 Å². The highest BCUT2D eigenvalue weighted by atomic mass is 35.5. The van der Waals surface area contributed by atoms with Gasteiger partial charge in [-0.2, -0.15) is 5.10 Å². The van der Waals surface area contributed by atoms with Crippen LogP contribution >= 0.6 is 11.6 Å². The lowest BCUT2D eigenvalue weighted by Crippen LogP contribution is -2.26. The van der Waals surface area contributed by atoms with Gasteiger partial charge in [-0.1, -0.05) is 25.4 Å². The van der Waals surface area contributed by atoms with Crippen molar-refractivity contribution in [2.24, 2.45) is 5.92 Å². The third kappa shape index (κ3) is 5.24. The number of rotatable bonds is 9. The maximum atomic E-state index is 12.5. The van der Waals surface area contributed by atoms with Gasteiger partial charge in [0.2, 0.25) is 0 Å². The maximum Gasteiger partial charge on any atom is 0.271 e. The van der Waals surface area contributed by atoms with E-state index in [4.69, 9.17) is 20.8 Å². The first kappa shape index (κ1) is 20.2. The number of ether oxygens (including phenoxy) is 1. The molecule has 0 saturated heterocycles. The normalized spacial score (nSPS) is 11.1. The van der Waals surface area contributed by atoms with Crippen LogP contribution in [0.25, 0.3) is 17.1 Å². The molecular formula is C21H24ClN3O3. The predicted octanol–water partition coefficient (Wildman–Crippen LogP) is 4.58. The van der Waals surface area contributed by atoms with E-state index in [9.17, 15) is 4.79 Å². The molecule has 0 spiro atoms. The van der Waals surface area contributed by atoms with Crippen LogP contribution in [0.15, 0.2) is 53.1 Å². The van der Waals surface area contributed by atoms with E-state index in [0.717, 1.165) is 18.7 Å². The number of hydrogen-bond donors (Lipinski definition) is 1. The fraction of sp³-hybridized carbons (Fsp3) is 0.333. The van der Waals surface area contributed by atoms with Crippen LogP contribution in [0.2, 0.25) is 5.02 Å². The molecule has 7 heteroatoms. The second-order valence-electron chi connectivity index (χ2n) is 6.86. The minimum atomic E-state index is -0.232. The van der Waals surface area contributed by atoms with Gasteiger partial charge >= 0.3 is 0 Å². The predicted molar refractivity (Wildman–Crippen MR) is 109 cm³/mol. The van der Waals surface area contributed by atoms with E-state index in [1.165, 1.54) is 0 Å². The molecule has 3 rings (SSSR count). The summed E-state index contributed by atoms with van der Waals surface area (Å²) >= 11 is 5.98.